The van der Waals surface area contributed by atoms with Crippen LogP contribution in [0, 0.1) is 5.82 Å². The van der Waals surface area contributed by atoms with Crippen molar-refractivity contribution < 1.29 is 27.1 Å². The number of benzene rings is 2. The molecule has 2 nitrogen and oxygen atoms in total. The fourth-order valence-corrected chi connectivity index (χ4v) is 1.83. The van der Waals surface area contributed by atoms with Gasteiger partial charge in [-0.25, -0.2) is 4.39 Å². The van der Waals surface area contributed by atoms with Crippen LogP contribution in [0.3, 0.4) is 0 Å². The molecule has 0 atom stereocenters. The van der Waals surface area contributed by atoms with Crippen LogP contribution in [0.25, 0.3) is 11.1 Å². The lowest BCUT2D eigenvalue weighted by Gasteiger charge is -2.09. The van der Waals surface area contributed by atoms with Gasteiger partial charge in [0.2, 0.25) is 0 Å². The molecular formula is C14H7ClF4O2. The van der Waals surface area contributed by atoms with E-state index in [-0.39, 0.29) is 5.56 Å². The number of alkyl halides is 3. The summed E-state index contributed by atoms with van der Waals surface area (Å²) in [5.74, 6) is -1.07. The lowest BCUT2D eigenvalue weighted by molar-refractivity contribution is -0.274. The summed E-state index contributed by atoms with van der Waals surface area (Å²) in [4.78, 5) is 11.0. The van der Waals surface area contributed by atoms with E-state index in [9.17, 15) is 22.4 Å². The first-order valence-electron chi connectivity index (χ1n) is 5.61. The van der Waals surface area contributed by atoms with Crippen molar-refractivity contribution >= 4 is 16.8 Å². The highest BCUT2D eigenvalue weighted by Crippen LogP contribution is 2.27. The van der Waals surface area contributed by atoms with Gasteiger partial charge >= 0.3 is 6.36 Å². The lowest BCUT2D eigenvalue weighted by atomic mass is 10.0. The van der Waals surface area contributed by atoms with Crippen LogP contribution >= 0.6 is 11.6 Å². The molecule has 0 unspecified atom stereocenters. The Balaban J connectivity index is 2.32. The molecule has 2 aromatic rings. The van der Waals surface area contributed by atoms with E-state index in [2.05, 4.69) is 4.74 Å². The molecule has 0 fully saturated rings. The van der Waals surface area contributed by atoms with Crippen molar-refractivity contribution in [3.05, 3.63) is 53.8 Å². The molecule has 2 rings (SSSR count). The van der Waals surface area contributed by atoms with E-state index in [4.69, 9.17) is 11.6 Å². The van der Waals surface area contributed by atoms with Crippen LogP contribution in [0.5, 0.6) is 5.75 Å². The van der Waals surface area contributed by atoms with Gasteiger partial charge in [-0.3, -0.25) is 4.79 Å². The highest BCUT2D eigenvalue weighted by Gasteiger charge is 2.30. The van der Waals surface area contributed by atoms with Gasteiger partial charge in [0, 0.05) is 5.56 Å². The Morgan fingerprint density at radius 2 is 1.62 bits per heavy atom. The Hall–Kier alpha value is -2.08. The number of carbonyl (C=O) groups is 1. The maximum Gasteiger partial charge on any atom is 0.573 e. The summed E-state index contributed by atoms with van der Waals surface area (Å²) in [6.45, 7) is 0. The van der Waals surface area contributed by atoms with Crippen molar-refractivity contribution in [2.75, 3.05) is 0 Å². The topological polar surface area (TPSA) is 26.3 Å². The molecule has 0 saturated heterocycles. The van der Waals surface area contributed by atoms with Gasteiger partial charge in [0.25, 0.3) is 5.24 Å². The number of ether oxygens (including phenoxy) is 1. The molecule has 0 radical (unpaired) electrons. The number of rotatable bonds is 3. The first kappa shape index (κ1) is 15.3. The molecule has 0 saturated carbocycles. The average Bonchev–Trinajstić information content (AvgIpc) is 2.37. The van der Waals surface area contributed by atoms with E-state index >= 15 is 0 Å². The molecule has 0 heterocycles. The van der Waals surface area contributed by atoms with E-state index in [0.29, 0.717) is 11.1 Å². The Labute approximate surface area is 121 Å². The second kappa shape index (κ2) is 5.73. The van der Waals surface area contributed by atoms with Crippen molar-refractivity contribution in [2.24, 2.45) is 0 Å². The van der Waals surface area contributed by atoms with Crippen LogP contribution in [-0.4, -0.2) is 11.6 Å². The van der Waals surface area contributed by atoms with E-state index in [0.717, 1.165) is 24.3 Å². The summed E-state index contributed by atoms with van der Waals surface area (Å²) >= 11 is 5.28. The van der Waals surface area contributed by atoms with Crippen LogP contribution in [0.4, 0.5) is 17.6 Å². The van der Waals surface area contributed by atoms with Crippen LogP contribution in [0.2, 0.25) is 0 Å². The lowest BCUT2D eigenvalue weighted by Crippen LogP contribution is -2.16. The summed E-state index contributed by atoms with van der Waals surface area (Å²) in [5.41, 5.74) is 0.697. The van der Waals surface area contributed by atoms with E-state index < -0.39 is 23.2 Å². The second-order valence-corrected chi connectivity index (χ2v) is 4.42. The molecule has 0 aliphatic carbocycles. The molecule has 0 aliphatic rings. The quantitative estimate of drug-likeness (QED) is 0.602. The van der Waals surface area contributed by atoms with Gasteiger partial charge in [-0.1, -0.05) is 12.1 Å². The third-order valence-corrected chi connectivity index (χ3v) is 2.76. The Bertz CT molecular complexity index is 666. The summed E-state index contributed by atoms with van der Waals surface area (Å²) < 4.78 is 53.2. The first-order chi connectivity index (χ1) is 9.74. The van der Waals surface area contributed by atoms with Gasteiger partial charge in [0.1, 0.15) is 11.6 Å². The van der Waals surface area contributed by atoms with E-state index in [1.807, 2.05) is 0 Å². The molecule has 0 aromatic heterocycles. The largest absolute Gasteiger partial charge is 0.573 e. The molecule has 7 heteroatoms. The summed E-state index contributed by atoms with van der Waals surface area (Å²) in [7, 11) is 0. The molecular weight excluding hydrogens is 312 g/mol. The van der Waals surface area contributed by atoms with Gasteiger partial charge < -0.3 is 4.74 Å². The van der Waals surface area contributed by atoms with E-state index in [1.165, 1.54) is 18.2 Å². The molecule has 21 heavy (non-hydrogen) atoms. The average molecular weight is 319 g/mol. The Kier molecular flexibility index (Phi) is 4.18. The maximum atomic E-state index is 13.4. The van der Waals surface area contributed by atoms with Gasteiger partial charge in [-0.05, 0) is 53.1 Å². The van der Waals surface area contributed by atoms with Gasteiger partial charge in [0.15, 0.2) is 0 Å². The number of hydrogen-bond donors (Lipinski definition) is 0. The minimum Gasteiger partial charge on any atom is -0.406 e. The first-order valence-corrected chi connectivity index (χ1v) is 5.99. The Morgan fingerprint density at radius 1 is 1.00 bits per heavy atom. The molecule has 0 N–H and O–H groups in total. The molecule has 0 amide bonds. The Morgan fingerprint density at radius 3 is 2.14 bits per heavy atom. The standard InChI is InChI=1S/C14H7ClF4O2/c15-13(20)10-5-9(6-11(16)7-10)8-1-3-12(4-2-8)21-14(17,18)19/h1-7H. The molecule has 0 bridgehead atoms. The van der Waals surface area contributed by atoms with Crippen molar-refractivity contribution in [1.82, 2.24) is 0 Å². The van der Waals surface area contributed by atoms with Crippen molar-refractivity contribution in [2.45, 2.75) is 6.36 Å². The molecule has 0 spiro atoms. The van der Waals surface area contributed by atoms with Gasteiger partial charge in [0.05, 0.1) is 0 Å². The van der Waals surface area contributed by atoms with Crippen LogP contribution < -0.4 is 4.74 Å². The van der Waals surface area contributed by atoms with Crippen LogP contribution in [0.1, 0.15) is 10.4 Å². The zero-order chi connectivity index (χ0) is 15.6. The smallest absolute Gasteiger partial charge is 0.406 e. The van der Waals surface area contributed by atoms with Crippen molar-refractivity contribution in [1.29, 1.82) is 0 Å². The number of carbonyl (C=O) groups excluding carboxylic acids is 1. The van der Waals surface area contributed by atoms with Gasteiger partial charge in [-0.2, -0.15) is 0 Å². The predicted molar refractivity (Wildman–Crippen MR) is 68.7 cm³/mol. The zero-order valence-corrected chi connectivity index (χ0v) is 11.0. The van der Waals surface area contributed by atoms with Crippen LogP contribution in [-0.2, 0) is 0 Å². The summed E-state index contributed by atoms with van der Waals surface area (Å²) in [5, 5.41) is -0.826. The predicted octanol–water partition coefficient (Wildman–Crippen LogP) is 4.77. The fraction of sp³-hybridized carbons (Fsp3) is 0.0714. The summed E-state index contributed by atoms with van der Waals surface area (Å²) in [6, 6.07) is 8.28. The van der Waals surface area contributed by atoms with Crippen molar-refractivity contribution in [3.63, 3.8) is 0 Å². The third-order valence-electron chi connectivity index (χ3n) is 2.55. The normalized spacial score (nSPS) is 11.3. The van der Waals surface area contributed by atoms with Gasteiger partial charge in [-0.15, -0.1) is 13.2 Å². The minimum absolute atomic E-state index is 0.0396. The molecule has 2 aromatic carbocycles. The zero-order valence-electron chi connectivity index (χ0n) is 10.2. The van der Waals surface area contributed by atoms with Crippen molar-refractivity contribution in [3.8, 4) is 16.9 Å². The van der Waals surface area contributed by atoms with E-state index in [1.54, 1.807) is 0 Å². The minimum atomic E-state index is -4.78. The molecule has 0 aliphatic heterocycles. The fourth-order valence-electron chi connectivity index (χ4n) is 1.72. The third kappa shape index (κ3) is 4.19. The SMILES string of the molecule is O=C(Cl)c1cc(F)cc(-c2ccc(OC(F)(F)F)cc2)c1. The van der Waals surface area contributed by atoms with Crippen LogP contribution in [0.15, 0.2) is 42.5 Å². The maximum absolute atomic E-state index is 13.4. The number of halogens is 5. The molecule has 110 valence electrons. The summed E-state index contributed by atoms with van der Waals surface area (Å²) in [6.07, 6.45) is -4.78. The highest BCUT2D eigenvalue weighted by molar-refractivity contribution is 6.67. The number of hydrogen-bond acceptors (Lipinski definition) is 2. The highest BCUT2D eigenvalue weighted by atomic mass is 35.5. The monoisotopic (exact) mass is 318 g/mol. The second-order valence-electron chi connectivity index (χ2n) is 4.07.